The van der Waals surface area contributed by atoms with E-state index in [0.29, 0.717) is 11.8 Å². The lowest BCUT2D eigenvalue weighted by atomic mass is 9.89. The minimum Gasteiger partial charge on any atom is -0.330 e. The topological polar surface area (TPSA) is 26.0 Å². The fourth-order valence-electron chi connectivity index (χ4n) is 1.53. The molecule has 14 heavy (non-hydrogen) atoms. The van der Waals surface area contributed by atoms with Gasteiger partial charge in [0.2, 0.25) is 0 Å². The number of hydrogen-bond donors (Lipinski definition) is 1. The fourth-order valence-corrected chi connectivity index (χ4v) is 1.53. The molecule has 1 heteroatoms. The summed E-state index contributed by atoms with van der Waals surface area (Å²) in [6.45, 7) is 7.40. The van der Waals surface area contributed by atoms with Gasteiger partial charge in [-0.25, -0.2) is 0 Å². The Morgan fingerprint density at radius 3 is 2.14 bits per heavy atom. The average molecular weight is 191 g/mol. The van der Waals surface area contributed by atoms with Crippen LogP contribution in [0.25, 0.3) is 0 Å². The zero-order chi connectivity index (χ0) is 10.6. The average Bonchev–Trinajstić information content (AvgIpc) is 2.20. The van der Waals surface area contributed by atoms with Crippen LogP contribution in [0.5, 0.6) is 0 Å². The van der Waals surface area contributed by atoms with E-state index in [1.54, 1.807) is 0 Å². The van der Waals surface area contributed by atoms with Gasteiger partial charge in [0, 0.05) is 0 Å². The Morgan fingerprint density at radius 2 is 1.64 bits per heavy atom. The highest BCUT2D eigenvalue weighted by Crippen LogP contribution is 2.16. The van der Waals surface area contributed by atoms with E-state index in [0.717, 1.165) is 13.0 Å². The number of aryl methyl sites for hydroxylation is 1. The molecule has 0 aliphatic heterocycles. The second kappa shape index (κ2) is 5.16. The van der Waals surface area contributed by atoms with Gasteiger partial charge in [0.1, 0.15) is 0 Å². The molecule has 0 fully saturated rings. The smallest absolute Gasteiger partial charge is 0.00488 e. The van der Waals surface area contributed by atoms with Gasteiger partial charge in [0.05, 0.1) is 0 Å². The summed E-state index contributed by atoms with van der Waals surface area (Å²) >= 11 is 0. The van der Waals surface area contributed by atoms with Crippen molar-refractivity contribution >= 4 is 0 Å². The summed E-state index contributed by atoms with van der Waals surface area (Å²) in [6, 6.07) is 8.79. The highest BCUT2D eigenvalue weighted by molar-refractivity contribution is 5.21. The molecule has 2 atom stereocenters. The Bertz CT molecular complexity index is 263. The van der Waals surface area contributed by atoms with Gasteiger partial charge in [-0.2, -0.15) is 0 Å². The minimum absolute atomic E-state index is 0.608. The van der Waals surface area contributed by atoms with Gasteiger partial charge >= 0.3 is 0 Å². The monoisotopic (exact) mass is 191 g/mol. The second-order valence-electron chi connectivity index (χ2n) is 4.38. The number of rotatable bonds is 4. The molecule has 1 nitrogen and oxygen atoms in total. The fraction of sp³-hybridized carbons (Fsp3) is 0.538. The lowest BCUT2D eigenvalue weighted by molar-refractivity contribution is 0.394. The van der Waals surface area contributed by atoms with Gasteiger partial charge in [0.15, 0.2) is 0 Å². The van der Waals surface area contributed by atoms with Crippen molar-refractivity contribution in [3.63, 3.8) is 0 Å². The van der Waals surface area contributed by atoms with Gasteiger partial charge in [-0.3, -0.25) is 0 Å². The van der Waals surface area contributed by atoms with Crippen molar-refractivity contribution < 1.29 is 0 Å². The molecule has 0 bridgehead atoms. The maximum atomic E-state index is 5.65. The maximum Gasteiger partial charge on any atom is -0.00488 e. The maximum absolute atomic E-state index is 5.65. The van der Waals surface area contributed by atoms with Crippen molar-refractivity contribution in [1.29, 1.82) is 0 Å². The van der Waals surface area contributed by atoms with Crippen LogP contribution in [0.4, 0.5) is 0 Å². The SMILES string of the molecule is Cc1ccc(CC(C)C(C)CN)cc1. The first-order valence-corrected chi connectivity index (χ1v) is 5.39. The van der Waals surface area contributed by atoms with E-state index >= 15 is 0 Å². The Morgan fingerprint density at radius 1 is 1.07 bits per heavy atom. The lowest BCUT2D eigenvalue weighted by Gasteiger charge is -2.17. The molecule has 78 valence electrons. The molecule has 0 amide bonds. The van der Waals surface area contributed by atoms with Crippen molar-refractivity contribution in [1.82, 2.24) is 0 Å². The van der Waals surface area contributed by atoms with Gasteiger partial charge in [-0.1, -0.05) is 43.7 Å². The summed E-state index contributed by atoms with van der Waals surface area (Å²) in [6.07, 6.45) is 1.14. The molecule has 0 aliphatic rings. The molecular weight excluding hydrogens is 170 g/mol. The summed E-state index contributed by atoms with van der Waals surface area (Å²) in [7, 11) is 0. The normalized spacial score (nSPS) is 15.1. The van der Waals surface area contributed by atoms with E-state index in [1.165, 1.54) is 11.1 Å². The molecule has 0 radical (unpaired) electrons. The predicted molar refractivity (Wildman–Crippen MR) is 62.3 cm³/mol. The summed E-state index contributed by atoms with van der Waals surface area (Å²) in [4.78, 5) is 0. The third-order valence-corrected chi connectivity index (χ3v) is 3.02. The van der Waals surface area contributed by atoms with Crippen molar-refractivity contribution in [3.8, 4) is 0 Å². The molecule has 1 aromatic rings. The van der Waals surface area contributed by atoms with Crippen LogP contribution in [0.2, 0.25) is 0 Å². The highest BCUT2D eigenvalue weighted by atomic mass is 14.5. The third-order valence-electron chi connectivity index (χ3n) is 3.02. The predicted octanol–water partition coefficient (Wildman–Crippen LogP) is 2.77. The van der Waals surface area contributed by atoms with Gasteiger partial charge in [-0.05, 0) is 37.3 Å². The summed E-state index contributed by atoms with van der Waals surface area (Å²) < 4.78 is 0. The van der Waals surface area contributed by atoms with Crippen LogP contribution >= 0.6 is 0 Å². The molecule has 0 saturated heterocycles. The Hall–Kier alpha value is -0.820. The summed E-state index contributed by atoms with van der Waals surface area (Å²) in [5.74, 6) is 1.28. The molecule has 1 rings (SSSR count). The second-order valence-corrected chi connectivity index (χ2v) is 4.38. The zero-order valence-electron chi connectivity index (χ0n) is 9.46. The first-order valence-electron chi connectivity index (χ1n) is 5.39. The molecule has 2 N–H and O–H groups in total. The third kappa shape index (κ3) is 3.15. The van der Waals surface area contributed by atoms with Gasteiger partial charge in [0.25, 0.3) is 0 Å². The molecule has 0 aliphatic carbocycles. The van der Waals surface area contributed by atoms with Crippen molar-refractivity contribution in [2.75, 3.05) is 6.54 Å². The van der Waals surface area contributed by atoms with Crippen LogP contribution in [-0.2, 0) is 6.42 Å². The molecule has 0 spiro atoms. The van der Waals surface area contributed by atoms with E-state index < -0.39 is 0 Å². The van der Waals surface area contributed by atoms with E-state index in [4.69, 9.17) is 5.73 Å². The van der Waals surface area contributed by atoms with E-state index in [2.05, 4.69) is 45.0 Å². The number of nitrogens with two attached hydrogens (primary N) is 1. The Labute approximate surface area is 87.3 Å². The first kappa shape index (κ1) is 11.3. The Kier molecular flexibility index (Phi) is 4.15. The van der Waals surface area contributed by atoms with E-state index in [1.807, 2.05) is 0 Å². The van der Waals surface area contributed by atoms with Crippen LogP contribution in [0, 0.1) is 18.8 Å². The number of hydrogen-bond acceptors (Lipinski definition) is 1. The zero-order valence-corrected chi connectivity index (χ0v) is 9.46. The van der Waals surface area contributed by atoms with Crippen LogP contribution in [0.15, 0.2) is 24.3 Å². The minimum atomic E-state index is 0.608. The largest absolute Gasteiger partial charge is 0.330 e. The Balaban J connectivity index is 2.56. The molecule has 0 aromatic heterocycles. The number of benzene rings is 1. The standard InChI is InChI=1S/C13H21N/c1-10-4-6-13(7-5-10)8-11(2)12(3)9-14/h4-7,11-12H,8-9,14H2,1-3H3. The van der Waals surface area contributed by atoms with Crippen LogP contribution in [0.1, 0.15) is 25.0 Å². The van der Waals surface area contributed by atoms with Crippen LogP contribution < -0.4 is 5.73 Å². The molecule has 0 heterocycles. The molecule has 2 unspecified atom stereocenters. The highest BCUT2D eigenvalue weighted by Gasteiger charge is 2.10. The van der Waals surface area contributed by atoms with Gasteiger partial charge < -0.3 is 5.73 Å². The van der Waals surface area contributed by atoms with Crippen molar-refractivity contribution in [3.05, 3.63) is 35.4 Å². The molecule has 1 aromatic carbocycles. The van der Waals surface area contributed by atoms with E-state index in [-0.39, 0.29) is 0 Å². The summed E-state index contributed by atoms with van der Waals surface area (Å²) in [5.41, 5.74) is 8.40. The van der Waals surface area contributed by atoms with Crippen molar-refractivity contribution in [2.24, 2.45) is 17.6 Å². The van der Waals surface area contributed by atoms with Crippen LogP contribution in [-0.4, -0.2) is 6.54 Å². The molecule has 0 saturated carbocycles. The molecular formula is C13H21N. The lowest BCUT2D eigenvalue weighted by Crippen LogP contribution is -2.20. The van der Waals surface area contributed by atoms with E-state index in [9.17, 15) is 0 Å². The quantitative estimate of drug-likeness (QED) is 0.778. The van der Waals surface area contributed by atoms with Gasteiger partial charge in [-0.15, -0.1) is 0 Å². The first-order chi connectivity index (χ1) is 6.63. The van der Waals surface area contributed by atoms with Crippen LogP contribution in [0.3, 0.4) is 0 Å². The van der Waals surface area contributed by atoms with Crippen molar-refractivity contribution in [2.45, 2.75) is 27.2 Å². The summed E-state index contributed by atoms with van der Waals surface area (Å²) in [5, 5.41) is 0.